The molecular formula is C12H18N2O. The number of hydrogen-bond donors (Lipinski definition) is 1. The van der Waals surface area contributed by atoms with Crippen molar-refractivity contribution in [1.29, 1.82) is 0 Å². The quantitative estimate of drug-likeness (QED) is 0.739. The molecule has 15 heavy (non-hydrogen) atoms. The van der Waals surface area contributed by atoms with Crippen molar-refractivity contribution in [2.24, 2.45) is 0 Å². The molecule has 0 spiro atoms. The van der Waals surface area contributed by atoms with Gasteiger partial charge in [0.05, 0.1) is 6.04 Å². The average molecular weight is 206 g/mol. The molecule has 3 heteroatoms. The first-order valence-electron chi connectivity index (χ1n) is 5.05. The van der Waals surface area contributed by atoms with E-state index < -0.39 is 0 Å². The molecule has 0 saturated heterocycles. The maximum Gasteiger partial charge on any atom is 0.137 e. The lowest BCUT2D eigenvalue weighted by molar-refractivity contribution is -0.111. The summed E-state index contributed by atoms with van der Waals surface area (Å²) in [5.41, 5.74) is 2.27. The summed E-state index contributed by atoms with van der Waals surface area (Å²) in [4.78, 5) is 12.7. The lowest BCUT2D eigenvalue weighted by Gasteiger charge is -2.18. The van der Waals surface area contributed by atoms with Crippen molar-refractivity contribution >= 4 is 12.0 Å². The maximum absolute atomic E-state index is 10.8. The topological polar surface area (TPSA) is 32.3 Å². The van der Waals surface area contributed by atoms with Crippen molar-refractivity contribution in [3.05, 3.63) is 29.8 Å². The van der Waals surface area contributed by atoms with Crippen LogP contribution in [0.4, 0.5) is 5.69 Å². The zero-order valence-corrected chi connectivity index (χ0v) is 9.53. The first kappa shape index (κ1) is 11.7. The number of rotatable bonds is 5. The van der Waals surface area contributed by atoms with E-state index in [4.69, 9.17) is 0 Å². The van der Waals surface area contributed by atoms with Crippen molar-refractivity contribution in [2.75, 3.05) is 26.5 Å². The van der Waals surface area contributed by atoms with E-state index in [0.29, 0.717) is 0 Å². The van der Waals surface area contributed by atoms with E-state index in [1.165, 1.54) is 5.56 Å². The second-order valence-corrected chi connectivity index (χ2v) is 3.82. The van der Waals surface area contributed by atoms with Gasteiger partial charge in [-0.05, 0) is 38.2 Å². The molecule has 0 aromatic heterocycles. The van der Waals surface area contributed by atoms with Gasteiger partial charge in [-0.2, -0.15) is 0 Å². The van der Waals surface area contributed by atoms with Gasteiger partial charge in [-0.1, -0.05) is 12.1 Å². The Morgan fingerprint density at radius 3 is 2.33 bits per heavy atom. The molecule has 1 N–H and O–H groups in total. The number of nitrogens with zero attached hydrogens (tertiary/aromatic N) is 1. The van der Waals surface area contributed by atoms with Gasteiger partial charge in [0.25, 0.3) is 0 Å². The van der Waals surface area contributed by atoms with Crippen LogP contribution in [0.25, 0.3) is 0 Å². The van der Waals surface area contributed by atoms with Crippen LogP contribution in [0, 0.1) is 0 Å². The number of benzene rings is 1. The standard InChI is InChI=1S/C12H18N2O/c1-13-11-6-4-10(5-7-11)8-12(9-15)14(2)3/h4-7,9,12-13H,8H2,1-3H3. The summed E-state index contributed by atoms with van der Waals surface area (Å²) in [5.74, 6) is 0. The summed E-state index contributed by atoms with van der Waals surface area (Å²) in [6.07, 6.45) is 1.76. The highest BCUT2D eigenvalue weighted by Gasteiger charge is 2.10. The van der Waals surface area contributed by atoms with E-state index in [-0.39, 0.29) is 6.04 Å². The van der Waals surface area contributed by atoms with Crippen LogP contribution in [0.3, 0.4) is 0 Å². The molecule has 0 bridgehead atoms. The van der Waals surface area contributed by atoms with E-state index in [2.05, 4.69) is 5.32 Å². The number of aldehydes is 1. The summed E-state index contributed by atoms with van der Waals surface area (Å²) in [7, 11) is 5.73. The van der Waals surface area contributed by atoms with E-state index in [9.17, 15) is 4.79 Å². The van der Waals surface area contributed by atoms with Crippen LogP contribution in [0.2, 0.25) is 0 Å². The Morgan fingerprint density at radius 2 is 1.93 bits per heavy atom. The number of carbonyl (C=O) groups is 1. The van der Waals surface area contributed by atoms with Gasteiger partial charge in [0, 0.05) is 12.7 Å². The van der Waals surface area contributed by atoms with Crippen LogP contribution in [0.15, 0.2) is 24.3 Å². The number of carbonyl (C=O) groups excluding carboxylic acids is 1. The predicted octanol–water partition coefficient (Wildman–Crippen LogP) is 1.40. The van der Waals surface area contributed by atoms with Crippen LogP contribution < -0.4 is 5.32 Å². The van der Waals surface area contributed by atoms with Gasteiger partial charge in [-0.15, -0.1) is 0 Å². The molecule has 0 fully saturated rings. The molecule has 0 heterocycles. The predicted molar refractivity (Wildman–Crippen MR) is 63.2 cm³/mol. The van der Waals surface area contributed by atoms with E-state index in [0.717, 1.165) is 18.4 Å². The molecule has 1 aromatic rings. The van der Waals surface area contributed by atoms with Gasteiger partial charge in [0.1, 0.15) is 6.29 Å². The Bertz CT molecular complexity index is 306. The zero-order chi connectivity index (χ0) is 11.3. The molecule has 0 amide bonds. The number of nitrogens with one attached hydrogen (secondary N) is 1. The third-order valence-corrected chi connectivity index (χ3v) is 2.51. The number of likely N-dealkylation sites (N-methyl/N-ethyl adjacent to an activating group) is 1. The smallest absolute Gasteiger partial charge is 0.137 e. The monoisotopic (exact) mass is 206 g/mol. The van der Waals surface area contributed by atoms with Gasteiger partial charge in [-0.25, -0.2) is 0 Å². The maximum atomic E-state index is 10.8. The zero-order valence-electron chi connectivity index (χ0n) is 9.53. The minimum Gasteiger partial charge on any atom is -0.388 e. The van der Waals surface area contributed by atoms with Crippen LogP contribution >= 0.6 is 0 Å². The molecule has 1 rings (SSSR count). The fraction of sp³-hybridized carbons (Fsp3) is 0.417. The van der Waals surface area contributed by atoms with Crippen molar-refractivity contribution in [3.63, 3.8) is 0 Å². The first-order chi connectivity index (χ1) is 7.17. The van der Waals surface area contributed by atoms with Crippen molar-refractivity contribution in [3.8, 4) is 0 Å². The molecule has 0 saturated carbocycles. The second kappa shape index (κ2) is 5.51. The van der Waals surface area contributed by atoms with Gasteiger partial charge in [0.15, 0.2) is 0 Å². The number of hydrogen-bond acceptors (Lipinski definition) is 3. The third-order valence-electron chi connectivity index (χ3n) is 2.51. The Labute approximate surface area is 91.1 Å². The molecule has 0 aliphatic carbocycles. The van der Waals surface area contributed by atoms with E-state index >= 15 is 0 Å². The number of anilines is 1. The summed E-state index contributed by atoms with van der Waals surface area (Å²) in [5, 5.41) is 3.06. The normalized spacial score (nSPS) is 12.5. The highest BCUT2D eigenvalue weighted by molar-refractivity contribution is 5.58. The molecule has 3 nitrogen and oxygen atoms in total. The molecule has 0 aliphatic heterocycles. The Hall–Kier alpha value is -1.35. The van der Waals surface area contributed by atoms with Gasteiger partial charge in [-0.3, -0.25) is 4.90 Å². The Morgan fingerprint density at radius 1 is 1.33 bits per heavy atom. The first-order valence-corrected chi connectivity index (χ1v) is 5.05. The summed E-state index contributed by atoms with van der Waals surface area (Å²) >= 11 is 0. The fourth-order valence-corrected chi connectivity index (χ4v) is 1.40. The molecule has 0 radical (unpaired) electrons. The fourth-order valence-electron chi connectivity index (χ4n) is 1.40. The summed E-state index contributed by atoms with van der Waals surface area (Å²) in [6, 6.07) is 8.10. The second-order valence-electron chi connectivity index (χ2n) is 3.82. The minimum absolute atomic E-state index is 0.0366. The van der Waals surface area contributed by atoms with Crippen LogP contribution in [-0.2, 0) is 11.2 Å². The molecule has 1 aromatic carbocycles. The largest absolute Gasteiger partial charge is 0.388 e. The molecular weight excluding hydrogens is 188 g/mol. The SMILES string of the molecule is CNc1ccc(CC(C=O)N(C)C)cc1. The molecule has 0 aliphatic rings. The molecule has 82 valence electrons. The van der Waals surface area contributed by atoms with Gasteiger partial charge < -0.3 is 10.1 Å². The average Bonchev–Trinajstić information content (AvgIpc) is 2.26. The van der Waals surface area contributed by atoms with E-state index in [1.54, 1.807) is 0 Å². The lowest BCUT2D eigenvalue weighted by Crippen LogP contribution is -2.31. The van der Waals surface area contributed by atoms with Gasteiger partial charge >= 0.3 is 0 Å². The highest BCUT2D eigenvalue weighted by Crippen LogP contribution is 2.11. The van der Waals surface area contributed by atoms with Gasteiger partial charge in [0.2, 0.25) is 0 Å². The van der Waals surface area contributed by atoms with Crippen LogP contribution in [0.1, 0.15) is 5.56 Å². The highest BCUT2D eigenvalue weighted by atomic mass is 16.1. The minimum atomic E-state index is -0.0366. The molecule has 1 unspecified atom stereocenters. The lowest BCUT2D eigenvalue weighted by atomic mass is 10.1. The van der Waals surface area contributed by atoms with Crippen LogP contribution in [-0.4, -0.2) is 38.4 Å². The Kier molecular flexibility index (Phi) is 4.31. The summed E-state index contributed by atoms with van der Waals surface area (Å²) in [6.45, 7) is 0. The summed E-state index contributed by atoms with van der Waals surface area (Å²) < 4.78 is 0. The molecule has 1 atom stereocenters. The van der Waals surface area contributed by atoms with Crippen molar-refractivity contribution < 1.29 is 4.79 Å². The van der Waals surface area contributed by atoms with Crippen molar-refractivity contribution in [1.82, 2.24) is 4.90 Å². The van der Waals surface area contributed by atoms with Crippen LogP contribution in [0.5, 0.6) is 0 Å². The third kappa shape index (κ3) is 3.36. The van der Waals surface area contributed by atoms with E-state index in [1.807, 2.05) is 50.3 Å². The Balaban J connectivity index is 2.67. The van der Waals surface area contributed by atoms with Crippen molar-refractivity contribution in [2.45, 2.75) is 12.5 Å².